The van der Waals surface area contributed by atoms with Crippen LogP contribution in [0, 0.1) is 0 Å². The maximum atomic E-state index is 12.9. The lowest BCUT2D eigenvalue weighted by Gasteiger charge is -2.18. The molecule has 71 heavy (non-hydrogen) atoms. The van der Waals surface area contributed by atoms with Gasteiger partial charge in [-0.2, -0.15) is 0 Å². The fourth-order valence-corrected chi connectivity index (χ4v) is 8.83. The minimum absolute atomic E-state index is 0.0852. The van der Waals surface area contributed by atoms with E-state index in [1.807, 2.05) is 0 Å². The van der Waals surface area contributed by atoms with Crippen LogP contribution in [0.2, 0.25) is 0 Å². The van der Waals surface area contributed by atoms with Crippen LogP contribution < -0.4 is 0 Å². The average molecular weight is 994 g/mol. The third kappa shape index (κ3) is 57.9. The molecule has 0 N–H and O–H groups in total. The van der Waals surface area contributed by atoms with Crippen molar-refractivity contribution in [1.82, 2.24) is 0 Å². The van der Waals surface area contributed by atoms with Crippen LogP contribution in [0.5, 0.6) is 0 Å². The van der Waals surface area contributed by atoms with Crippen molar-refractivity contribution in [1.29, 1.82) is 0 Å². The molecule has 0 unspecified atom stereocenters. The van der Waals surface area contributed by atoms with Crippen LogP contribution in [0.3, 0.4) is 0 Å². The van der Waals surface area contributed by atoms with Crippen LogP contribution in [0.25, 0.3) is 0 Å². The van der Waals surface area contributed by atoms with Gasteiger partial charge in [0.2, 0.25) is 0 Å². The lowest BCUT2D eigenvalue weighted by molar-refractivity contribution is -0.167. The Hall–Kier alpha value is -2.89. The highest BCUT2D eigenvalue weighted by molar-refractivity contribution is 5.71. The van der Waals surface area contributed by atoms with Crippen LogP contribution in [-0.4, -0.2) is 37.2 Å². The largest absolute Gasteiger partial charge is 0.462 e. The molecule has 0 aromatic carbocycles. The van der Waals surface area contributed by atoms with Gasteiger partial charge in [-0.25, -0.2) is 0 Å². The number of rotatable bonds is 56. The number of unbranched alkanes of at least 4 members (excludes halogenated alkanes) is 35. The zero-order valence-corrected chi connectivity index (χ0v) is 47.2. The Labute approximate surface area is 440 Å². The average Bonchev–Trinajstić information content (AvgIpc) is 3.37. The van der Waals surface area contributed by atoms with E-state index in [2.05, 4.69) is 81.5 Å². The van der Waals surface area contributed by atoms with E-state index in [9.17, 15) is 14.4 Å². The van der Waals surface area contributed by atoms with Crippen LogP contribution in [0.4, 0.5) is 0 Å². The smallest absolute Gasteiger partial charge is 0.306 e. The summed E-state index contributed by atoms with van der Waals surface area (Å²) in [6.45, 7) is 6.60. The molecule has 0 aliphatic rings. The number of carbonyl (C=O) groups is 3. The Kier molecular flexibility index (Phi) is 57.2. The second-order valence-electron chi connectivity index (χ2n) is 20.6. The monoisotopic (exact) mass is 993 g/mol. The molecular formula is C65H116O6. The maximum Gasteiger partial charge on any atom is 0.306 e. The first-order chi connectivity index (χ1) is 35.0. The molecule has 0 aliphatic carbocycles. The SMILES string of the molecule is CCCCC/C=C\C/C=C\C/C=C\CCCCCCC(=O)O[C@H](COC(=O)CCCCCCC/C=C\C/C=C\CCCCC)COC(=O)CCCCCCCCCCCCCCCCCCCCCCC. The Morgan fingerprint density at radius 2 is 0.507 bits per heavy atom. The summed E-state index contributed by atoms with van der Waals surface area (Å²) in [4.78, 5) is 38.2. The van der Waals surface area contributed by atoms with E-state index >= 15 is 0 Å². The molecule has 0 fully saturated rings. The van der Waals surface area contributed by atoms with Crippen molar-refractivity contribution >= 4 is 17.9 Å². The molecule has 0 aliphatic heterocycles. The molecule has 0 aromatic heterocycles. The molecule has 412 valence electrons. The Morgan fingerprint density at radius 3 is 0.817 bits per heavy atom. The summed E-state index contributed by atoms with van der Waals surface area (Å²) in [5, 5.41) is 0. The predicted molar refractivity (Wildman–Crippen MR) is 307 cm³/mol. The van der Waals surface area contributed by atoms with Crippen molar-refractivity contribution in [3.63, 3.8) is 0 Å². The van der Waals surface area contributed by atoms with Gasteiger partial charge in [0.25, 0.3) is 0 Å². The van der Waals surface area contributed by atoms with Gasteiger partial charge in [-0.3, -0.25) is 14.4 Å². The molecule has 0 heterocycles. The Morgan fingerprint density at radius 1 is 0.282 bits per heavy atom. The highest BCUT2D eigenvalue weighted by atomic mass is 16.6. The maximum absolute atomic E-state index is 12.9. The van der Waals surface area contributed by atoms with Gasteiger partial charge in [-0.1, -0.05) is 268 Å². The van der Waals surface area contributed by atoms with Crippen molar-refractivity contribution in [3.8, 4) is 0 Å². The Bertz CT molecular complexity index is 1280. The van der Waals surface area contributed by atoms with Crippen LogP contribution in [0.15, 0.2) is 60.8 Å². The summed E-state index contributed by atoms with van der Waals surface area (Å²) < 4.78 is 16.9. The summed E-state index contributed by atoms with van der Waals surface area (Å²) in [6.07, 6.45) is 75.0. The zero-order chi connectivity index (χ0) is 51.4. The second-order valence-corrected chi connectivity index (χ2v) is 20.6. The number of ether oxygens (including phenoxy) is 3. The first-order valence-corrected chi connectivity index (χ1v) is 30.8. The molecule has 6 nitrogen and oxygen atoms in total. The number of carbonyl (C=O) groups excluding carboxylic acids is 3. The summed E-state index contributed by atoms with van der Waals surface area (Å²) in [5.74, 6) is -0.906. The molecule has 6 heteroatoms. The molecule has 0 spiro atoms. The fourth-order valence-electron chi connectivity index (χ4n) is 8.83. The lowest BCUT2D eigenvalue weighted by atomic mass is 10.0. The quantitative estimate of drug-likeness (QED) is 0.0261. The van der Waals surface area contributed by atoms with Crippen molar-refractivity contribution in [3.05, 3.63) is 60.8 Å². The van der Waals surface area contributed by atoms with Gasteiger partial charge < -0.3 is 14.2 Å². The molecule has 0 saturated heterocycles. The number of esters is 3. The minimum atomic E-state index is -0.791. The predicted octanol–water partition coefficient (Wildman–Crippen LogP) is 20.8. The van der Waals surface area contributed by atoms with Crippen LogP contribution in [0.1, 0.15) is 316 Å². The van der Waals surface area contributed by atoms with Crippen molar-refractivity contribution < 1.29 is 28.6 Å². The highest BCUT2D eigenvalue weighted by Crippen LogP contribution is 2.17. The van der Waals surface area contributed by atoms with Gasteiger partial charge in [-0.15, -0.1) is 0 Å². The van der Waals surface area contributed by atoms with Gasteiger partial charge in [0.15, 0.2) is 6.10 Å². The summed E-state index contributed by atoms with van der Waals surface area (Å²) in [5.41, 5.74) is 0. The molecule has 0 amide bonds. The van der Waals surface area contributed by atoms with Crippen molar-refractivity contribution in [2.75, 3.05) is 13.2 Å². The molecule has 0 bridgehead atoms. The third-order valence-corrected chi connectivity index (χ3v) is 13.5. The normalized spacial score (nSPS) is 12.4. The Balaban J connectivity index is 4.37. The number of hydrogen-bond acceptors (Lipinski definition) is 6. The number of hydrogen-bond donors (Lipinski definition) is 0. The fraction of sp³-hybridized carbons (Fsp3) is 0.800. The molecule has 0 aromatic rings. The van der Waals surface area contributed by atoms with Gasteiger partial charge in [0.05, 0.1) is 0 Å². The first kappa shape index (κ1) is 68.1. The molecule has 1 atom stereocenters. The van der Waals surface area contributed by atoms with Gasteiger partial charge >= 0.3 is 17.9 Å². The van der Waals surface area contributed by atoms with E-state index in [-0.39, 0.29) is 31.1 Å². The zero-order valence-electron chi connectivity index (χ0n) is 47.2. The van der Waals surface area contributed by atoms with E-state index in [1.165, 1.54) is 173 Å². The van der Waals surface area contributed by atoms with Crippen molar-refractivity contribution in [2.24, 2.45) is 0 Å². The summed E-state index contributed by atoms with van der Waals surface area (Å²) >= 11 is 0. The lowest BCUT2D eigenvalue weighted by Crippen LogP contribution is -2.30. The summed E-state index contributed by atoms with van der Waals surface area (Å²) in [7, 11) is 0. The van der Waals surface area contributed by atoms with Crippen molar-refractivity contribution in [2.45, 2.75) is 322 Å². The van der Waals surface area contributed by atoms with E-state index in [4.69, 9.17) is 14.2 Å². The van der Waals surface area contributed by atoms with E-state index in [0.29, 0.717) is 19.3 Å². The van der Waals surface area contributed by atoms with E-state index in [1.54, 1.807) is 0 Å². The van der Waals surface area contributed by atoms with Gasteiger partial charge in [-0.05, 0) is 89.9 Å². The molecule has 0 saturated carbocycles. The summed E-state index contributed by atoms with van der Waals surface area (Å²) in [6, 6.07) is 0. The molecular weight excluding hydrogens is 877 g/mol. The minimum Gasteiger partial charge on any atom is -0.462 e. The topological polar surface area (TPSA) is 78.9 Å². The van der Waals surface area contributed by atoms with Crippen LogP contribution >= 0.6 is 0 Å². The molecule has 0 radical (unpaired) electrons. The van der Waals surface area contributed by atoms with E-state index < -0.39 is 6.10 Å². The highest BCUT2D eigenvalue weighted by Gasteiger charge is 2.19. The van der Waals surface area contributed by atoms with Gasteiger partial charge in [0.1, 0.15) is 13.2 Å². The standard InChI is InChI=1S/C65H116O6/c1-4-7-10-13-16-19-22-25-28-30-31-32-33-35-37-40-43-46-49-52-55-58-64(67)70-61-62(60-69-63(66)57-54-51-48-45-42-39-36-27-24-21-18-15-12-9-6-3)71-65(68)59-56-53-50-47-44-41-38-34-29-26-23-20-17-14-11-8-5-2/h17-18,20-21,26-27,29,36,38,41,62H,4-16,19,22-25,28,30-35,37,39-40,42-61H2,1-3H3/b20-17-,21-18-,29-26-,36-27-,41-38-/t62-/m1/s1. The first-order valence-electron chi connectivity index (χ1n) is 30.8. The van der Waals surface area contributed by atoms with E-state index in [0.717, 1.165) is 103 Å². The van der Waals surface area contributed by atoms with Gasteiger partial charge in [0, 0.05) is 19.3 Å². The third-order valence-electron chi connectivity index (χ3n) is 13.5. The number of allylic oxidation sites excluding steroid dienone is 10. The second kappa shape index (κ2) is 59.7. The molecule has 0 rings (SSSR count). The van der Waals surface area contributed by atoms with Crippen LogP contribution in [-0.2, 0) is 28.6 Å².